The molecule has 2 aromatic carbocycles. The summed E-state index contributed by atoms with van der Waals surface area (Å²) in [6.07, 6.45) is 0. The fourth-order valence-electron chi connectivity index (χ4n) is 2.96. The lowest BCUT2D eigenvalue weighted by atomic mass is 10.2. The molecule has 0 unspecified atom stereocenters. The summed E-state index contributed by atoms with van der Waals surface area (Å²) in [7, 11) is 0. The van der Waals surface area contributed by atoms with Gasteiger partial charge in [0.15, 0.2) is 5.69 Å². The molecule has 1 aliphatic heterocycles. The quantitative estimate of drug-likeness (QED) is 0.408. The highest BCUT2D eigenvalue weighted by Gasteiger charge is 2.27. The zero-order valence-electron chi connectivity index (χ0n) is 13.8. The molecule has 3 aromatic rings. The molecular formula is C19H17ClN3S2+. The third kappa shape index (κ3) is 3.08. The van der Waals surface area contributed by atoms with Gasteiger partial charge in [0.05, 0.1) is 11.4 Å². The van der Waals surface area contributed by atoms with Crippen LogP contribution in [0.25, 0.3) is 11.4 Å². The molecule has 126 valence electrons. The number of fused-ring (bicyclic) bond motifs is 1. The molecule has 3 nitrogen and oxygen atoms in total. The lowest BCUT2D eigenvalue weighted by Gasteiger charge is -2.18. The van der Waals surface area contributed by atoms with Crippen LogP contribution in [0.15, 0.2) is 57.9 Å². The smallest absolute Gasteiger partial charge is 0.318 e. The molecule has 4 rings (SSSR count). The van der Waals surface area contributed by atoms with Gasteiger partial charge in [-0.2, -0.15) is 4.57 Å². The maximum atomic E-state index is 6.04. The Labute approximate surface area is 161 Å². The number of benzene rings is 2. The van der Waals surface area contributed by atoms with E-state index in [-0.39, 0.29) is 0 Å². The van der Waals surface area contributed by atoms with Crippen LogP contribution in [0.2, 0.25) is 5.02 Å². The Morgan fingerprint density at radius 3 is 2.60 bits per heavy atom. The first-order valence-electron chi connectivity index (χ1n) is 7.87. The van der Waals surface area contributed by atoms with Gasteiger partial charge in [0.1, 0.15) is 11.4 Å². The SMILES string of the molecule is Cc1ccc2c(c1)SC=C(c1c(C)[nH]c(S)[n+]1-c1ccc(Cl)cc1)N2. The third-order valence-electron chi connectivity index (χ3n) is 4.14. The van der Waals surface area contributed by atoms with E-state index in [2.05, 4.69) is 65.0 Å². The van der Waals surface area contributed by atoms with E-state index >= 15 is 0 Å². The topological polar surface area (TPSA) is 31.7 Å². The first-order chi connectivity index (χ1) is 12.0. The number of imidazole rings is 1. The Morgan fingerprint density at radius 2 is 1.84 bits per heavy atom. The Kier molecular flexibility index (Phi) is 4.31. The molecule has 25 heavy (non-hydrogen) atoms. The summed E-state index contributed by atoms with van der Waals surface area (Å²) < 4.78 is 2.09. The van der Waals surface area contributed by atoms with E-state index in [1.165, 1.54) is 10.5 Å². The van der Waals surface area contributed by atoms with Crippen molar-refractivity contribution in [2.45, 2.75) is 23.9 Å². The Balaban J connectivity index is 1.80. The number of aryl methyl sites for hydroxylation is 2. The number of aromatic nitrogens is 2. The van der Waals surface area contributed by atoms with Gasteiger partial charge in [0.25, 0.3) is 0 Å². The number of H-pyrrole nitrogens is 1. The maximum absolute atomic E-state index is 6.04. The molecular weight excluding hydrogens is 370 g/mol. The predicted octanol–water partition coefficient (Wildman–Crippen LogP) is 5.37. The predicted molar refractivity (Wildman–Crippen MR) is 108 cm³/mol. The van der Waals surface area contributed by atoms with Crippen molar-refractivity contribution in [2.75, 3.05) is 5.32 Å². The van der Waals surface area contributed by atoms with Crippen molar-refractivity contribution < 1.29 is 4.57 Å². The van der Waals surface area contributed by atoms with Gasteiger partial charge < -0.3 is 5.32 Å². The molecule has 2 heterocycles. The van der Waals surface area contributed by atoms with Gasteiger partial charge in [0, 0.05) is 22.2 Å². The molecule has 0 atom stereocenters. The van der Waals surface area contributed by atoms with E-state index in [4.69, 9.17) is 11.6 Å². The van der Waals surface area contributed by atoms with Crippen LogP contribution in [0, 0.1) is 13.8 Å². The summed E-state index contributed by atoms with van der Waals surface area (Å²) in [4.78, 5) is 4.56. The average Bonchev–Trinajstić information content (AvgIpc) is 2.89. The van der Waals surface area contributed by atoms with Crippen molar-refractivity contribution in [1.29, 1.82) is 0 Å². The normalized spacial score (nSPS) is 13.2. The number of rotatable bonds is 2. The van der Waals surface area contributed by atoms with Crippen LogP contribution in [0.3, 0.4) is 0 Å². The fraction of sp³-hybridized carbons (Fsp3) is 0.105. The summed E-state index contributed by atoms with van der Waals surface area (Å²) in [5, 5.41) is 7.20. The van der Waals surface area contributed by atoms with Crippen molar-refractivity contribution in [1.82, 2.24) is 4.98 Å². The molecule has 1 aromatic heterocycles. The summed E-state index contributed by atoms with van der Waals surface area (Å²) in [5.74, 6) is 0. The Hall–Kier alpha value is -1.82. The van der Waals surface area contributed by atoms with Gasteiger partial charge in [-0.1, -0.05) is 42.1 Å². The molecule has 0 fully saturated rings. The first-order valence-corrected chi connectivity index (χ1v) is 9.58. The van der Waals surface area contributed by atoms with E-state index in [1.807, 2.05) is 24.3 Å². The summed E-state index contributed by atoms with van der Waals surface area (Å²) in [6.45, 7) is 4.16. The van der Waals surface area contributed by atoms with E-state index in [0.717, 1.165) is 33.6 Å². The van der Waals surface area contributed by atoms with Crippen molar-refractivity contribution >= 4 is 47.4 Å². The maximum Gasteiger partial charge on any atom is 0.318 e. The van der Waals surface area contributed by atoms with Gasteiger partial charge in [-0.05, 0) is 48.9 Å². The molecule has 0 spiro atoms. The second kappa shape index (κ2) is 6.48. The highest BCUT2D eigenvalue weighted by molar-refractivity contribution is 8.02. The van der Waals surface area contributed by atoms with E-state index in [1.54, 1.807) is 11.8 Å². The van der Waals surface area contributed by atoms with E-state index < -0.39 is 0 Å². The fourth-order valence-corrected chi connectivity index (χ4v) is 4.39. The Bertz CT molecular complexity index is 991. The second-order valence-corrected chi connectivity index (χ2v) is 7.78. The molecule has 2 N–H and O–H groups in total. The average molecular weight is 387 g/mol. The zero-order chi connectivity index (χ0) is 17.6. The molecule has 0 radical (unpaired) electrons. The monoisotopic (exact) mass is 386 g/mol. The van der Waals surface area contributed by atoms with Crippen molar-refractivity contribution in [3.63, 3.8) is 0 Å². The van der Waals surface area contributed by atoms with Gasteiger partial charge in [-0.25, -0.2) is 4.98 Å². The molecule has 0 aliphatic carbocycles. The molecule has 0 bridgehead atoms. The number of nitrogens with one attached hydrogen (secondary N) is 2. The number of nitrogens with zero attached hydrogens (tertiary/aromatic N) is 1. The highest BCUT2D eigenvalue weighted by Crippen LogP contribution is 2.38. The molecule has 0 amide bonds. The van der Waals surface area contributed by atoms with Crippen molar-refractivity contribution in [2.24, 2.45) is 0 Å². The van der Waals surface area contributed by atoms with Gasteiger partial charge in [-0.3, -0.25) is 0 Å². The van der Waals surface area contributed by atoms with Gasteiger partial charge in [0.2, 0.25) is 0 Å². The van der Waals surface area contributed by atoms with Crippen LogP contribution in [-0.2, 0) is 0 Å². The molecule has 0 saturated carbocycles. The van der Waals surface area contributed by atoms with E-state index in [0.29, 0.717) is 5.02 Å². The van der Waals surface area contributed by atoms with Crippen LogP contribution >= 0.6 is 36.0 Å². The number of anilines is 1. The lowest BCUT2D eigenvalue weighted by Crippen LogP contribution is -2.36. The summed E-state index contributed by atoms with van der Waals surface area (Å²) in [5.41, 5.74) is 6.55. The number of hydrogen-bond donors (Lipinski definition) is 3. The minimum absolute atomic E-state index is 0.716. The standard InChI is InChI=1S/C19H16ClN3S2/c1-11-3-8-15-17(9-11)25-10-16(22-15)18-12(2)21-19(24)23(18)14-6-4-13(20)5-7-14/h3-10,22H,1-2H3,(H,21,24)/p+1. The van der Waals surface area contributed by atoms with Crippen LogP contribution < -0.4 is 9.88 Å². The van der Waals surface area contributed by atoms with Crippen molar-refractivity contribution in [3.05, 3.63) is 69.8 Å². The summed E-state index contributed by atoms with van der Waals surface area (Å²) >= 11 is 12.4. The van der Waals surface area contributed by atoms with Gasteiger partial charge >= 0.3 is 5.16 Å². The minimum Gasteiger partial charge on any atom is -0.351 e. The minimum atomic E-state index is 0.716. The summed E-state index contributed by atoms with van der Waals surface area (Å²) in [6, 6.07) is 14.2. The molecule has 6 heteroatoms. The number of aromatic amines is 1. The second-order valence-electron chi connectivity index (χ2n) is 6.01. The largest absolute Gasteiger partial charge is 0.351 e. The van der Waals surface area contributed by atoms with Gasteiger partial charge in [-0.15, -0.1) is 0 Å². The zero-order valence-corrected chi connectivity index (χ0v) is 16.3. The van der Waals surface area contributed by atoms with Crippen molar-refractivity contribution in [3.8, 4) is 5.69 Å². The lowest BCUT2D eigenvalue weighted by molar-refractivity contribution is -0.637. The number of thioether (sulfide) groups is 1. The number of halogens is 1. The molecule has 1 aliphatic rings. The highest BCUT2D eigenvalue weighted by atomic mass is 35.5. The first kappa shape index (κ1) is 16.6. The van der Waals surface area contributed by atoms with E-state index in [9.17, 15) is 0 Å². The number of thiol groups is 1. The number of hydrogen-bond acceptors (Lipinski definition) is 3. The Morgan fingerprint density at radius 1 is 1.08 bits per heavy atom. The third-order valence-corrected chi connectivity index (χ3v) is 5.65. The van der Waals surface area contributed by atoms with Crippen LogP contribution in [-0.4, -0.2) is 4.98 Å². The van der Waals surface area contributed by atoms with Crippen LogP contribution in [0.1, 0.15) is 17.0 Å². The van der Waals surface area contributed by atoms with Crippen LogP contribution in [0.5, 0.6) is 0 Å². The van der Waals surface area contributed by atoms with Crippen LogP contribution in [0.4, 0.5) is 5.69 Å². The molecule has 0 saturated heterocycles.